The Morgan fingerprint density at radius 1 is 1.13 bits per heavy atom. The minimum atomic E-state index is 0.171. The van der Waals surface area contributed by atoms with Crippen molar-refractivity contribution in [3.8, 4) is 0 Å². The van der Waals surface area contributed by atoms with Gasteiger partial charge in [-0.3, -0.25) is 4.79 Å². The van der Waals surface area contributed by atoms with Crippen molar-refractivity contribution in [2.45, 2.75) is 32.6 Å². The maximum Gasteiger partial charge on any atom is 0.220 e. The Kier molecular flexibility index (Phi) is 7.67. The van der Waals surface area contributed by atoms with Crippen LogP contribution in [-0.4, -0.2) is 25.5 Å². The summed E-state index contributed by atoms with van der Waals surface area (Å²) in [5.41, 5.74) is 1.25. The standard InChI is InChI=1S/C19H26N2OS/c1-2-21(17-9-4-3-5-10-17)15-8-14-20-19(22)13-6-11-18-12-7-16-23-18/h3-5,7,9-10,12,16H,2,6,8,11,13-15H2,1H3,(H,20,22). The Morgan fingerprint density at radius 3 is 2.65 bits per heavy atom. The molecule has 0 unspecified atom stereocenters. The number of nitrogens with zero attached hydrogens (tertiary/aromatic N) is 1. The first kappa shape index (κ1) is 17.5. The second-order valence-corrected chi connectivity index (χ2v) is 6.58. The molecule has 0 radical (unpaired) electrons. The van der Waals surface area contributed by atoms with Crippen LogP contribution in [0.1, 0.15) is 31.1 Å². The van der Waals surface area contributed by atoms with Gasteiger partial charge in [0, 0.05) is 36.6 Å². The third-order valence-corrected chi connectivity index (χ3v) is 4.77. The summed E-state index contributed by atoms with van der Waals surface area (Å²) in [5, 5.41) is 5.12. The van der Waals surface area contributed by atoms with Gasteiger partial charge in [0.05, 0.1) is 0 Å². The summed E-state index contributed by atoms with van der Waals surface area (Å²) in [4.78, 5) is 15.5. The third-order valence-electron chi connectivity index (χ3n) is 3.84. The average Bonchev–Trinajstić information content (AvgIpc) is 3.09. The molecule has 0 bridgehead atoms. The van der Waals surface area contributed by atoms with Crippen molar-refractivity contribution in [3.63, 3.8) is 0 Å². The normalized spacial score (nSPS) is 10.5. The van der Waals surface area contributed by atoms with E-state index in [1.165, 1.54) is 10.6 Å². The number of carbonyl (C=O) groups excluding carboxylic acids is 1. The number of amides is 1. The first-order valence-electron chi connectivity index (χ1n) is 8.38. The first-order valence-corrected chi connectivity index (χ1v) is 9.26. The number of anilines is 1. The van der Waals surface area contributed by atoms with Crippen molar-refractivity contribution in [2.75, 3.05) is 24.5 Å². The molecule has 1 aromatic carbocycles. The smallest absolute Gasteiger partial charge is 0.220 e. The summed E-state index contributed by atoms with van der Waals surface area (Å²) >= 11 is 1.76. The highest BCUT2D eigenvalue weighted by atomic mass is 32.1. The summed E-state index contributed by atoms with van der Waals surface area (Å²) in [7, 11) is 0. The van der Waals surface area contributed by atoms with E-state index in [9.17, 15) is 4.79 Å². The number of hydrogen-bond donors (Lipinski definition) is 1. The van der Waals surface area contributed by atoms with Gasteiger partial charge in [-0.05, 0) is 49.8 Å². The molecular weight excluding hydrogens is 304 g/mol. The van der Waals surface area contributed by atoms with E-state index in [1.54, 1.807) is 11.3 Å². The predicted molar refractivity (Wildman–Crippen MR) is 99.2 cm³/mol. The van der Waals surface area contributed by atoms with E-state index in [0.29, 0.717) is 6.42 Å². The van der Waals surface area contributed by atoms with Gasteiger partial charge < -0.3 is 10.2 Å². The topological polar surface area (TPSA) is 32.3 Å². The molecule has 0 saturated heterocycles. The Balaban J connectivity index is 1.58. The maximum atomic E-state index is 11.8. The fraction of sp³-hybridized carbons (Fsp3) is 0.421. The minimum Gasteiger partial charge on any atom is -0.372 e. The lowest BCUT2D eigenvalue weighted by atomic mass is 10.2. The lowest BCUT2D eigenvalue weighted by Crippen LogP contribution is -2.29. The predicted octanol–water partition coefficient (Wildman–Crippen LogP) is 4.10. The van der Waals surface area contributed by atoms with E-state index in [2.05, 4.69) is 58.9 Å². The first-order chi connectivity index (χ1) is 11.3. The molecular formula is C19H26N2OS. The lowest BCUT2D eigenvalue weighted by Gasteiger charge is -2.23. The monoisotopic (exact) mass is 330 g/mol. The molecule has 1 N–H and O–H groups in total. The molecule has 2 aromatic rings. The molecule has 0 aliphatic rings. The quantitative estimate of drug-likeness (QED) is 0.665. The van der Waals surface area contributed by atoms with Crippen molar-refractivity contribution in [2.24, 2.45) is 0 Å². The molecule has 0 saturated carbocycles. The number of nitrogens with one attached hydrogen (secondary N) is 1. The summed E-state index contributed by atoms with van der Waals surface area (Å²) < 4.78 is 0. The molecule has 1 amide bonds. The van der Waals surface area contributed by atoms with Crippen LogP contribution in [0.2, 0.25) is 0 Å². The zero-order valence-corrected chi connectivity index (χ0v) is 14.6. The highest BCUT2D eigenvalue weighted by Gasteiger charge is 2.05. The Morgan fingerprint density at radius 2 is 1.96 bits per heavy atom. The molecule has 0 atom stereocenters. The van der Waals surface area contributed by atoms with E-state index in [-0.39, 0.29) is 5.91 Å². The SMILES string of the molecule is CCN(CCCNC(=O)CCCc1cccs1)c1ccccc1. The molecule has 2 rings (SSSR count). The van der Waals surface area contributed by atoms with Crippen LogP contribution in [-0.2, 0) is 11.2 Å². The van der Waals surface area contributed by atoms with Crippen molar-refractivity contribution >= 4 is 22.9 Å². The number of carbonyl (C=O) groups is 1. The molecule has 3 nitrogen and oxygen atoms in total. The van der Waals surface area contributed by atoms with Crippen LogP contribution in [0.25, 0.3) is 0 Å². The van der Waals surface area contributed by atoms with Gasteiger partial charge >= 0.3 is 0 Å². The summed E-state index contributed by atoms with van der Waals surface area (Å²) in [6.45, 7) is 4.87. The van der Waals surface area contributed by atoms with Crippen molar-refractivity contribution in [1.82, 2.24) is 5.32 Å². The molecule has 0 spiro atoms. The van der Waals surface area contributed by atoms with E-state index in [4.69, 9.17) is 0 Å². The number of rotatable bonds is 10. The van der Waals surface area contributed by atoms with Crippen LogP contribution in [0.4, 0.5) is 5.69 Å². The molecule has 0 aliphatic carbocycles. The van der Waals surface area contributed by atoms with Crippen molar-refractivity contribution in [1.29, 1.82) is 0 Å². The molecule has 23 heavy (non-hydrogen) atoms. The van der Waals surface area contributed by atoms with Crippen LogP contribution in [0.15, 0.2) is 47.8 Å². The molecule has 1 aromatic heterocycles. The van der Waals surface area contributed by atoms with E-state index >= 15 is 0 Å². The van der Waals surface area contributed by atoms with Crippen molar-refractivity contribution in [3.05, 3.63) is 52.7 Å². The Bertz CT molecular complexity index is 554. The van der Waals surface area contributed by atoms with E-state index in [0.717, 1.165) is 38.9 Å². The number of para-hydroxylation sites is 1. The van der Waals surface area contributed by atoms with Gasteiger partial charge in [0.15, 0.2) is 0 Å². The van der Waals surface area contributed by atoms with Crippen LogP contribution in [0, 0.1) is 0 Å². The van der Waals surface area contributed by atoms with Gasteiger partial charge in [-0.2, -0.15) is 0 Å². The van der Waals surface area contributed by atoms with Gasteiger partial charge in [-0.15, -0.1) is 11.3 Å². The molecule has 0 aliphatic heterocycles. The number of thiophene rings is 1. The van der Waals surface area contributed by atoms with Gasteiger partial charge in [-0.1, -0.05) is 24.3 Å². The second-order valence-electron chi connectivity index (χ2n) is 5.55. The highest BCUT2D eigenvalue weighted by molar-refractivity contribution is 7.09. The molecule has 124 valence electrons. The van der Waals surface area contributed by atoms with Crippen molar-refractivity contribution < 1.29 is 4.79 Å². The zero-order valence-electron chi connectivity index (χ0n) is 13.8. The average molecular weight is 330 g/mol. The van der Waals surface area contributed by atoms with Gasteiger partial charge in [0.2, 0.25) is 5.91 Å². The fourth-order valence-corrected chi connectivity index (χ4v) is 3.32. The van der Waals surface area contributed by atoms with E-state index in [1.807, 2.05) is 6.07 Å². The fourth-order valence-electron chi connectivity index (χ4n) is 2.57. The maximum absolute atomic E-state index is 11.8. The van der Waals surface area contributed by atoms with E-state index < -0.39 is 0 Å². The van der Waals surface area contributed by atoms with Gasteiger partial charge in [-0.25, -0.2) is 0 Å². The Hall–Kier alpha value is -1.81. The minimum absolute atomic E-state index is 0.171. The largest absolute Gasteiger partial charge is 0.372 e. The number of hydrogen-bond acceptors (Lipinski definition) is 3. The third kappa shape index (κ3) is 6.45. The second kappa shape index (κ2) is 10.1. The van der Waals surface area contributed by atoms with Crippen LogP contribution >= 0.6 is 11.3 Å². The van der Waals surface area contributed by atoms with Gasteiger partial charge in [0.25, 0.3) is 0 Å². The lowest BCUT2D eigenvalue weighted by molar-refractivity contribution is -0.121. The summed E-state index contributed by atoms with van der Waals surface area (Å²) in [6, 6.07) is 14.6. The van der Waals surface area contributed by atoms with Gasteiger partial charge in [0.1, 0.15) is 0 Å². The van der Waals surface area contributed by atoms with Crippen LogP contribution in [0.5, 0.6) is 0 Å². The molecule has 4 heteroatoms. The van der Waals surface area contributed by atoms with Crippen LogP contribution in [0.3, 0.4) is 0 Å². The Labute approximate surface area is 143 Å². The zero-order chi connectivity index (χ0) is 16.3. The number of benzene rings is 1. The summed E-state index contributed by atoms with van der Waals surface area (Å²) in [6.07, 6.45) is 3.52. The van der Waals surface area contributed by atoms with Crippen LogP contribution < -0.4 is 10.2 Å². The molecule has 0 fully saturated rings. The number of aryl methyl sites for hydroxylation is 1. The highest BCUT2D eigenvalue weighted by Crippen LogP contribution is 2.13. The molecule has 1 heterocycles. The summed E-state index contributed by atoms with van der Waals surface area (Å²) in [5.74, 6) is 0.171.